The van der Waals surface area contributed by atoms with Gasteiger partial charge in [0.25, 0.3) is 5.22 Å². The lowest BCUT2D eigenvalue weighted by molar-refractivity contribution is -0.153. The lowest BCUT2D eigenvalue weighted by Crippen LogP contribution is -2.19. The summed E-state index contributed by atoms with van der Waals surface area (Å²) < 4.78 is 46.6. The first-order chi connectivity index (χ1) is 12.4. The summed E-state index contributed by atoms with van der Waals surface area (Å²) >= 11 is 2.92. The lowest BCUT2D eigenvalue weighted by Gasteiger charge is -2.09. The van der Waals surface area contributed by atoms with Crippen LogP contribution in [0.2, 0.25) is 0 Å². The Balaban J connectivity index is 1.49. The topological polar surface area (TPSA) is 61.0 Å². The largest absolute Gasteiger partial charge is 0.484 e. The molecule has 2 heterocycles. The zero-order chi connectivity index (χ0) is 18.6. The van der Waals surface area contributed by atoms with Crippen molar-refractivity contribution in [3.63, 3.8) is 0 Å². The van der Waals surface area contributed by atoms with Gasteiger partial charge in [0.15, 0.2) is 6.61 Å². The maximum atomic E-state index is 12.1. The second-order valence-electron chi connectivity index (χ2n) is 5.33. The third kappa shape index (κ3) is 5.73. The van der Waals surface area contributed by atoms with Gasteiger partial charge in [-0.3, -0.25) is 0 Å². The van der Waals surface area contributed by atoms with E-state index in [0.717, 1.165) is 16.3 Å². The summed E-state index contributed by atoms with van der Waals surface area (Å²) in [5, 5.41) is 11.3. The molecule has 2 aromatic heterocycles. The van der Waals surface area contributed by atoms with Crippen LogP contribution in [-0.4, -0.2) is 28.0 Å². The standard InChI is InChI=1S/C16H14F3N3O2S2/c1-10-20-12(8-25-10)6-14-21-22-15(24-14)26-7-11-2-4-13(5-3-11)23-9-16(17,18)19/h2-5,8H,6-7,9H2,1H3. The number of benzene rings is 1. The first-order valence-corrected chi connectivity index (χ1v) is 9.38. The van der Waals surface area contributed by atoms with Gasteiger partial charge in [0.2, 0.25) is 5.89 Å². The highest BCUT2D eigenvalue weighted by Gasteiger charge is 2.28. The molecule has 0 fully saturated rings. The summed E-state index contributed by atoms with van der Waals surface area (Å²) in [4.78, 5) is 4.35. The van der Waals surface area contributed by atoms with E-state index in [2.05, 4.69) is 19.9 Å². The Labute approximate surface area is 155 Å². The number of thiazole rings is 1. The van der Waals surface area contributed by atoms with E-state index in [4.69, 9.17) is 4.42 Å². The number of halogens is 3. The maximum absolute atomic E-state index is 12.1. The second kappa shape index (κ2) is 8.09. The molecule has 0 radical (unpaired) electrons. The maximum Gasteiger partial charge on any atom is 0.422 e. The summed E-state index contributed by atoms with van der Waals surface area (Å²) in [6.45, 7) is 0.632. The fraction of sp³-hybridized carbons (Fsp3) is 0.312. The molecule has 0 saturated heterocycles. The van der Waals surface area contributed by atoms with Gasteiger partial charge in [-0.05, 0) is 24.6 Å². The van der Waals surface area contributed by atoms with Gasteiger partial charge in [0.05, 0.1) is 17.1 Å². The van der Waals surface area contributed by atoms with Gasteiger partial charge in [-0.25, -0.2) is 4.98 Å². The highest BCUT2D eigenvalue weighted by Crippen LogP contribution is 2.24. The molecular formula is C16H14F3N3O2S2. The summed E-state index contributed by atoms with van der Waals surface area (Å²) in [5.74, 6) is 1.22. The summed E-state index contributed by atoms with van der Waals surface area (Å²) in [6.07, 6.45) is -3.86. The molecule has 0 aliphatic rings. The van der Waals surface area contributed by atoms with Crippen LogP contribution in [-0.2, 0) is 12.2 Å². The van der Waals surface area contributed by atoms with Crippen molar-refractivity contribution < 1.29 is 22.3 Å². The van der Waals surface area contributed by atoms with Crippen LogP contribution in [0.5, 0.6) is 5.75 Å². The van der Waals surface area contributed by atoms with Crippen molar-refractivity contribution in [2.45, 2.75) is 30.5 Å². The number of rotatable bonds is 7. The SMILES string of the molecule is Cc1nc(Cc2nnc(SCc3ccc(OCC(F)(F)F)cc3)o2)cs1. The molecule has 3 aromatic rings. The van der Waals surface area contributed by atoms with Gasteiger partial charge in [-0.1, -0.05) is 23.9 Å². The highest BCUT2D eigenvalue weighted by atomic mass is 32.2. The van der Waals surface area contributed by atoms with Crippen molar-refractivity contribution >= 4 is 23.1 Å². The van der Waals surface area contributed by atoms with Crippen molar-refractivity contribution in [3.8, 4) is 5.75 Å². The fourth-order valence-electron chi connectivity index (χ4n) is 2.00. The van der Waals surface area contributed by atoms with E-state index in [1.807, 2.05) is 12.3 Å². The Morgan fingerprint density at radius 3 is 2.62 bits per heavy atom. The van der Waals surface area contributed by atoms with Gasteiger partial charge in [-0.15, -0.1) is 21.5 Å². The quantitative estimate of drug-likeness (QED) is 0.537. The minimum absolute atomic E-state index is 0.176. The molecule has 1 aromatic carbocycles. The van der Waals surface area contributed by atoms with Gasteiger partial charge in [-0.2, -0.15) is 13.2 Å². The van der Waals surface area contributed by atoms with Gasteiger partial charge >= 0.3 is 6.18 Å². The van der Waals surface area contributed by atoms with Crippen LogP contribution in [0.25, 0.3) is 0 Å². The minimum Gasteiger partial charge on any atom is -0.484 e. The number of hydrogen-bond donors (Lipinski definition) is 0. The molecule has 0 unspecified atom stereocenters. The minimum atomic E-state index is -4.35. The fourth-order valence-corrected chi connectivity index (χ4v) is 3.35. The van der Waals surface area contributed by atoms with E-state index in [1.54, 1.807) is 23.5 Å². The molecule has 138 valence electrons. The molecule has 0 spiro atoms. The van der Waals surface area contributed by atoms with Crippen LogP contribution in [0.3, 0.4) is 0 Å². The van der Waals surface area contributed by atoms with Crippen LogP contribution in [0, 0.1) is 6.92 Å². The molecule has 0 aliphatic carbocycles. The Morgan fingerprint density at radius 1 is 1.19 bits per heavy atom. The van der Waals surface area contributed by atoms with Crippen LogP contribution in [0.15, 0.2) is 39.3 Å². The molecule has 0 aliphatic heterocycles. The predicted molar refractivity (Wildman–Crippen MR) is 91.5 cm³/mol. The highest BCUT2D eigenvalue weighted by molar-refractivity contribution is 7.98. The van der Waals surface area contributed by atoms with Crippen molar-refractivity contribution in [1.82, 2.24) is 15.2 Å². The average Bonchev–Trinajstić information content (AvgIpc) is 3.20. The molecule has 0 atom stereocenters. The molecule has 0 N–H and O–H groups in total. The van der Waals surface area contributed by atoms with E-state index in [-0.39, 0.29) is 5.75 Å². The summed E-state index contributed by atoms with van der Waals surface area (Å²) in [7, 11) is 0. The van der Waals surface area contributed by atoms with Crippen LogP contribution in [0.1, 0.15) is 22.2 Å². The molecular weight excluding hydrogens is 387 g/mol. The number of aromatic nitrogens is 3. The average molecular weight is 401 g/mol. The van der Waals surface area contributed by atoms with Crippen LogP contribution < -0.4 is 4.74 Å². The van der Waals surface area contributed by atoms with Crippen molar-refractivity contribution in [3.05, 3.63) is 51.8 Å². The Hall–Kier alpha value is -2.07. The van der Waals surface area contributed by atoms with Gasteiger partial charge in [0.1, 0.15) is 5.75 Å². The molecule has 0 saturated carbocycles. The number of ether oxygens (including phenoxy) is 1. The van der Waals surface area contributed by atoms with E-state index in [0.29, 0.717) is 23.3 Å². The Bertz CT molecular complexity index is 847. The number of nitrogens with zero attached hydrogens (tertiary/aromatic N) is 3. The van der Waals surface area contributed by atoms with E-state index in [1.165, 1.54) is 23.9 Å². The third-order valence-corrected chi connectivity index (χ3v) is 4.85. The molecule has 10 heteroatoms. The van der Waals surface area contributed by atoms with E-state index >= 15 is 0 Å². The van der Waals surface area contributed by atoms with Crippen molar-refractivity contribution in [2.24, 2.45) is 0 Å². The lowest BCUT2D eigenvalue weighted by atomic mass is 10.2. The molecule has 0 bridgehead atoms. The molecule has 3 rings (SSSR count). The third-order valence-electron chi connectivity index (χ3n) is 3.14. The normalized spacial score (nSPS) is 11.7. The van der Waals surface area contributed by atoms with Gasteiger partial charge < -0.3 is 9.15 Å². The van der Waals surface area contributed by atoms with E-state index in [9.17, 15) is 13.2 Å². The summed E-state index contributed by atoms with van der Waals surface area (Å²) in [5.41, 5.74) is 1.80. The zero-order valence-corrected chi connectivity index (χ0v) is 15.2. The summed E-state index contributed by atoms with van der Waals surface area (Å²) in [6, 6.07) is 6.42. The predicted octanol–water partition coefficient (Wildman–Crippen LogP) is 4.66. The number of thioether (sulfide) groups is 1. The number of alkyl halides is 3. The Kier molecular flexibility index (Phi) is 5.82. The van der Waals surface area contributed by atoms with Gasteiger partial charge in [0, 0.05) is 11.1 Å². The van der Waals surface area contributed by atoms with Crippen molar-refractivity contribution in [1.29, 1.82) is 0 Å². The van der Waals surface area contributed by atoms with E-state index < -0.39 is 12.8 Å². The number of aryl methyl sites for hydroxylation is 1. The molecule has 0 amide bonds. The number of hydrogen-bond acceptors (Lipinski definition) is 7. The molecule has 26 heavy (non-hydrogen) atoms. The smallest absolute Gasteiger partial charge is 0.422 e. The Morgan fingerprint density at radius 2 is 1.96 bits per heavy atom. The zero-order valence-electron chi connectivity index (χ0n) is 13.6. The second-order valence-corrected chi connectivity index (χ2v) is 7.32. The van der Waals surface area contributed by atoms with Crippen molar-refractivity contribution in [2.75, 3.05) is 6.61 Å². The monoisotopic (exact) mass is 401 g/mol. The van der Waals surface area contributed by atoms with Crippen LogP contribution >= 0.6 is 23.1 Å². The first-order valence-electron chi connectivity index (χ1n) is 7.52. The van der Waals surface area contributed by atoms with Crippen LogP contribution in [0.4, 0.5) is 13.2 Å². The molecule has 5 nitrogen and oxygen atoms in total. The first kappa shape index (κ1) is 18.7.